The fourth-order valence-corrected chi connectivity index (χ4v) is 4.02. The number of benzene rings is 1. The summed E-state index contributed by atoms with van der Waals surface area (Å²) < 4.78 is 16.5. The molecule has 1 saturated heterocycles. The molecule has 0 spiro atoms. The van der Waals surface area contributed by atoms with Crippen LogP contribution in [0.2, 0.25) is 0 Å². The molecule has 1 aliphatic rings. The summed E-state index contributed by atoms with van der Waals surface area (Å²) in [5.74, 6) is 2.74. The van der Waals surface area contributed by atoms with Crippen LogP contribution in [0.3, 0.4) is 0 Å². The third-order valence-electron chi connectivity index (χ3n) is 5.62. The monoisotopic (exact) mass is 396 g/mol. The van der Waals surface area contributed by atoms with Gasteiger partial charge in [0.15, 0.2) is 11.5 Å². The Morgan fingerprint density at radius 3 is 2.69 bits per heavy atom. The van der Waals surface area contributed by atoms with Crippen LogP contribution in [0.4, 0.5) is 11.6 Å². The molecule has 1 unspecified atom stereocenters. The highest BCUT2D eigenvalue weighted by atomic mass is 16.5. The number of ether oxygens (including phenoxy) is 3. The fraction of sp³-hybridized carbons (Fsp3) is 0.455. The molecule has 4 rings (SSSR count). The van der Waals surface area contributed by atoms with Crippen LogP contribution in [0, 0.1) is 0 Å². The Labute approximate surface area is 170 Å². The van der Waals surface area contributed by atoms with Gasteiger partial charge in [-0.1, -0.05) is 0 Å². The first-order valence-corrected chi connectivity index (χ1v) is 10.1. The Hall–Kier alpha value is -2.80. The van der Waals surface area contributed by atoms with Crippen LogP contribution in [0.25, 0.3) is 21.7 Å². The molecule has 0 radical (unpaired) electrons. The second-order valence-electron chi connectivity index (χ2n) is 7.48. The topological polar surface area (TPSA) is 82.7 Å². The molecule has 2 aromatic heterocycles. The van der Waals surface area contributed by atoms with Crippen molar-refractivity contribution in [2.75, 3.05) is 44.6 Å². The summed E-state index contributed by atoms with van der Waals surface area (Å²) in [5, 5.41) is 2.84. The van der Waals surface area contributed by atoms with Gasteiger partial charge in [-0.2, -0.15) is 0 Å². The molecule has 0 amide bonds. The maximum atomic E-state index is 6.33. The van der Waals surface area contributed by atoms with Gasteiger partial charge in [-0.25, -0.2) is 4.98 Å². The largest absolute Gasteiger partial charge is 0.493 e. The van der Waals surface area contributed by atoms with Crippen molar-refractivity contribution >= 4 is 33.3 Å². The molecule has 7 heteroatoms. The SMILES string of the molecule is COCCOc1cc2ncc3c(N)nc(N4CCCCC4C)cc3c2cc1OC. The van der Waals surface area contributed by atoms with Crippen LogP contribution in [0.1, 0.15) is 26.2 Å². The van der Waals surface area contributed by atoms with Gasteiger partial charge in [0.05, 0.1) is 19.2 Å². The van der Waals surface area contributed by atoms with E-state index in [-0.39, 0.29) is 0 Å². The first-order chi connectivity index (χ1) is 14.1. The summed E-state index contributed by atoms with van der Waals surface area (Å²) in [4.78, 5) is 11.6. The number of aromatic nitrogens is 2. The Balaban J connectivity index is 1.84. The van der Waals surface area contributed by atoms with E-state index in [4.69, 9.17) is 19.9 Å². The van der Waals surface area contributed by atoms with Gasteiger partial charge in [-0.3, -0.25) is 4.98 Å². The highest BCUT2D eigenvalue weighted by Gasteiger charge is 2.21. The summed E-state index contributed by atoms with van der Waals surface area (Å²) in [6.45, 7) is 4.20. The third-order valence-corrected chi connectivity index (χ3v) is 5.62. The third kappa shape index (κ3) is 3.74. The van der Waals surface area contributed by atoms with Gasteiger partial charge >= 0.3 is 0 Å². The summed E-state index contributed by atoms with van der Waals surface area (Å²) >= 11 is 0. The molecule has 154 valence electrons. The predicted molar refractivity (Wildman–Crippen MR) is 116 cm³/mol. The van der Waals surface area contributed by atoms with Gasteiger partial charge in [-0.05, 0) is 38.3 Å². The highest BCUT2D eigenvalue weighted by Crippen LogP contribution is 2.37. The summed E-state index contributed by atoms with van der Waals surface area (Å²) in [6, 6.07) is 6.46. The number of nitrogen functional groups attached to an aromatic ring is 1. The van der Waals surface area contributed by atoms with E-state index in [9.17, 15) is 0 Å². The number of fused-ring (bicyclic) bond motifs is 3. The molecule has 7 nitrogen and oxygen atoms in total. The van der Waals surface area contributed by atoms with Crippen molar-refractivity contribution in [3.63, 3.8) is 0 Å². The van der Waals surface area contributed by atoms with E-state index in [2.05, 4.69) is 27.9 Å². The number of hydrogen-bond donors (Lipinski definition) is 1. The standard InChI is InChI=1S/C22H28N4O3/c1-14-6-4-5-7-26(14)21-11-15-16-10-19(28-3)20(29-9-8-27-2)12-18(16)24-13-17(15)22(23)25-21/h10-14H,4-9H2,1-3H3,(H2,23,25). The van der Waals surface area contributed by atoms with Crippen molar-refractivity contribution in [3.8, 4) is 11.5 Å². The summed E-state index contributed by atoms with van der Waals surface area (Å²) in [6.07, 6.45) is 5.40. The lowest BCUT2D eigenvalue weighted by Crippen LogP contribution is -2.38. The smallest absolute Gasteiger partial charge is 0.163 e. The molecule has 0 bridgehead atoms. The van der Waals surface area contributed by atoms with Crippen LogP contribution in [0.5, 0.6) is 11.5 Å². The van der Waals surface area contributed by atoms with Crippen LogP contribution >= 0.6 is 0 Å². The van der Waals surface area contributed by atoms with E-state index in [0.717, 1.165) is 34.0 Å². The zero-order valence-corrected chi connectivity index (χ0v) is 17.3. The number of anilines is 2. The molecular weight excluding hydrogens is 368 g/mol. The van der Waals surface area contributed by atoms with Gasteiger partial charge in [0.2, 0.25) is 0 Å². The zero-order valence-electron chi connectivity index (χ0n) is 17.3. The number of methoxy groups -OCH3 is 2. The first kappa shape index (κ1) is 19.5. The van der Waals surface area contributed by atoms with E-state index in [1.165, 1.54) is 19.3 Å². The van der Waals surface area contributed by atoms with Gasteiger partial charge in [0.25, 0.3) is 0 Å². The molecule has 0 aliphatic carbocycles. The quantitative estimate of drug-likeness (QED) is 0.501. The van der Waals surface area contributed by atoms with Gasteiger partial charge in [-0.15, -0.1) is 0 Å². The maximum absolute atomic E-state index is 6.33. The summed E-state index contributed by atoms with van der Waals surface area (Å²) in [5.41, 5.74) is 7.16. The van der Waals surface area contributed by atoms with Gasteiger partial charge < -0.3 is 24.8 Å². The minimum absolute atomic E-state index is 0.444. The lowest BCUT2D eigenvalue weighted by Gasteiger charge is -2.34. The Morgan fingerprint density at radius 2 is 1.93 bits per heavy atom. The molecule has 2 N–H and O–H groups in total. The number of hydrogen-bond acceptors (Lipinski definition) is 7. The molecule has 1 aromatic carbocycles. The Kier molecular flexibility index (Phi) is 5.58. The average Bonchev–Trinajstić information content (AvgIpc) is 2.73. The van der Waals surface area contributed by atoms with E-state index in [0.29, 0.717) is 36.6 Å². The molecule has 1 fully saturated rings. The molecule has 29 heavy (non-hydrogen) atoms. The van der Waals surface area contributed by atoms with E-state index in [1.54, 1.807) is 20.4 Å². The van der Waals surface area contributed by atoms with Crippen molar-refractivity contribution in [2.24, 2.45) is 0 Å². The van der Waals surface area contributed by atoms with Crippen LogP contribution in [-0.2, 0) is 4.74 Å². The average molecular weight is 396 g/mol. The number of nitrogens with two attached hydrogens (primary N) is 1. The lowest BCUT2D eigenvalue weighted by atomic mass is 10.0. The van der Waals surface area contributed by atoms with Crippen LogP contribution < -0.4 is 20.1 Å². The first-order valence-electron chi connectivity index (χ1n) is 10.1. The molecular formula is C22H28N4O3. The molecule has 1 atom stereocenters. The minimum Gasteiger partial charge on any atom is -0.493 e. The van der Waals surface area contributed by atoms with Crippen molar-refractivity contribution in [1.82, 2.24) is 9.97 Å². The minimum atomic E-state index is 0.444. The maximum Gasteiger partial charge on any atom is 0.163 e. The van der Waals surface area contributed by atoms with E-state index < -0.39 is 0 Å². The van der Waals surface area contributed by atoms with Crippen molar-refractivity contribution in [2.45, 2.75) is 32.2 Å². The molecule has 1 aliphatic heterocycles. The molecule has 3 aromatic rings. The van der Waals surface area contributed by atoms with Crippen molar-refractivity contribution in [3.05, 3.63) is 24.4 Å². The van der Waals surface area contributed by atoms with Crippen molar-refractivity contribution < 1.29 is 14.2 Å². The van der Waals surface area contributed by atoms with Crippen LogP contribution in [-0.4, -0.2) is 50.0 Å². The highest BCUT2D eigenvalue weighted by molar-refractivity contribution is 6.10. The molecule has 0 saturated carbocycles. The van der Waals surface area contributed by atoms with Crippen LogP contribution in [0.15, 0.2) is 24.4 Å². The predicted octanol–water partition coefficient (Wildman–Crippen LogP) is 3.78. The Morgan fingerprint density at radius 1 is 1.07 bits per heavy atom. The summed E-state index contributed by atoms with van der Waals surface area (Å²) in [7, 11) is 3.29. The number of pyridine rings is 2. The lowest BCUT2D eigenvalue weighted by molar-refractivity contribution is 0.144. The number of piperidine rings is 1. The zero-order chi connectivity index (χ0) is 20.4. The number of nitrogens with zero attached hydrogens (tertiary/aromatic N) is 3. The Bertz CT molecular complexity index is 1020. The van der Waals surface area contributed by atoms with Crippen molar-refractivity contribution in [1.29, 1.82) is 0 Å². The second kappa shape index (κ2) is 8.29. The van der Waals surface area contributed by atoms with E-state index in [1.807, 2.05) is 12.1 Å². The van der Waals surface area contributed by atoms with Gasteiger partial charge in [0, 0.05) is 48.1 Å². The normalized spacial score (nSPS) is 17.1. The fourth-order valence-electron chi connectivity index (χ4n) is 4.02. The van der Waals surface area contributed by atoms with Gasteiger partial charge in [0.1, 0.15) is 18.2 Å². The van der Waals surface area contributed by atoms with E-state index >= 15 is 0 Å². The molecule has 3 heterocycles. The second-order valence-corrected chi connectivity index (χ2v) is 7.48. The number of rotatable bonds is 6.